The number of benzene rings is 1. The summed E-state index contributed by atoms with van der Waals surface area (Å²) in [5.74, 6) is 0.00777. The fourth-order valence-electron chi connectivity index (χ4n) is 1.83. The average Bonchev–Trinajstić information content (AvgIpc) is 2.68. The normalized spacial score (nSPS) is 11.8. The highest BCUT2D eigenvalue weighted by molar-refractivity contribution is 6.37. The average molecular weight is 270 g/mol. The van der Waals surface area contributed by atoms with Crippen molar-refractivity contribution in [2.45, 2.75) is 19.4 Å². The van der Waals surface area contributed by atoms with E-state index in [1.54, 1.807) is 26.1 Å². The Hall–Kier alpha value is -1.72. The number of aromatic amines is 1. The summed E-state index contributed by atoms with van der Waals surface area (Å²) in [6.07, 6.45) is 0.213. The quantitative estimate of drug-likeness (QED) is 0.578. The van der Waals surface area contributed by atoms with Crippen LogP contribution in [0.3, 0.4) is 0 Å². The van der Waals surface area contributed by atoms with Gasteiger partial charge in [-0.1, -0.05) is 11.6 Å². The highest BCUT2D eigenvalue weighted by Gasteiger charge is 2.24. The maximum atomic E-state index is 10.6. The Balaban J connectivity index is 2.74. The zero-order valence-electron chi connectivity index (χ0n) is 9.82. The third-order valence-electron chi connectivity index (χ3n) is 2.60. The summed E-state index contributed by atoms with van der Waals surface area (Å²) in [4.78, 5) is 13.6. The molecular formula is C12H12ClNO4. The molecule has 0 radical (unpaired) electrons. The molecule has 1 heterocycles. The van der Waals surface area contributed by atoms with Gasteiger partial charge in [-0.25, -0.2) is 4.79 Å². The van der Waals surface area contributed by atoms with Gasteiger partial charge in [-0.2, -0.15) is 0 Å². The number of hydrogen-bond acceptors (Lipinski definition) is 3. The third kappa shape index (κ3) is 2.14. The van der Waals surface area contributed by atoms with Crippen LogP contribution in [-0.2, 0) is 5.60 Å². The number of aromatic nitrogens is 1. The van der Waals surface area contributed by atoms with Gasteiger partial charge in [0.1, 0.15) is 0 Å². The Kier molecular flexibility index (Phi) is 2.96. The van der Waals surface area contributed by atoms with Gasteiger partial charge in [-0.05, 0) is 26.0 Å². The molecular weight excluding hydrogens is 258 g/mol. The minimum Gasteiger partial charge on any atom is -0.449 e. The molecule has 0 spiro atoms. The summed E-state index contributed by atoms with van der Waals surface area (Å²) in [6, 6.07) is 3.12. The van der Waals surface area contributed by atoms with E-state index in [-0.39, 0.29) is 10.8 Å². The van der Waals surface area contributed by atoms with Crippen molar-refractivity contribution in [3.05, 3.63) is 28.9 Å². The summed E-state index contributed by atoms with van der Waals surface area (Å²) in [7, 11) is 0. The standard InChI is InChI=1S/C12H12ClNO4/c1-12(2,17)7-5-8(18-11(15)16)9(13)6-3-4-14-10(6)7/h3-5,14,17H,1-2H3,(H,15,16). The van der Waals surface area contributed by atoms with E-state index in [4.69, 9.17) is 16.7 Å². The largest absolute Gasteiger partial charge is 0.511 e. The summed E-state index contributed by atoms with van der Waals surface area (Å²) in [5.41, 5.74) is 0.0259. The number of nitrogens with one attached hydrogen (secondary N) is 1. The summed E-state index contributed by atoms with van der Waals surface area (Å²) >= 11 is 6.06. The maximum Gasteiger partial charge on any atom is 0.511 e. The predicted octanol–water partition coefficient (Wildman–Crippen LogP) is 3.11. The molecule has 2 rings (SSSR count). The van der Waals surface area contributed by atoms with Gasteiger partial charge in [0.2, 0.25) is 0 Å². The van der Waals surface area contributed by atoms with Crippen molar-refractivity contribution in [1.82, 2.24) is 4.98 Å². The smallest absolute Gasteiger partial charge is 0.449 e. The van der Waals surface area contributed by atoms with Crippen LogP contribution in [0, 0.1) is 0 Å². The molecule has 0 aliphatic carbocycles. The van der Waals surface area contributed by atoms with E-state index in [2.05, 4.69) is 9.72 Å². The van der Waals surface area contributed by atoms with Crippen molar-refractivity contribution in [2.24, 2.45) is 0 Å². The van der Waals surface area contributed by atoms with Gasteiger partial charge in [-0.3, -0.25) is 0 Å². The first-order valence-corrected chi connectivity index (χ1v) is 5.61. The number of fused-ring (bicyclic) bond motifs is 1. The van der Waals surface area contributed by atoms with E-state index in [9.17, 15) is 9.90 Å². The van der Waals surface area contributed by atoms with E-state index in [1.807, 2.05) is 0 Å². The first-order chi connectivity index (χ1) is 8.30. The molecule has 0 bridgehead atoms. The van der Waals surface area contributed by atoms with E-state index in [0.717, 1.165) is 0 Å². The van der Waals surface area contributed by atoms with Crippen molar-refractivity contribution in [3.8, 4) is 5.75 Å². The Morgan fingerprint density at radius 1 is 1.50 bits per heavy atom. The molecule has 1 aromatic carbocycles. The minimum absolute atomic E-state index is 0.00777. The van der Waals surface area contributed by atoms with E-state index < -0.39 is 11.8 Å². The van der Waals surface area contributed by atoms with Gasteiger partial charge < -0.3 is 19.9 Å². The third-order valence-corrected chi connectivity index (χ3v) is 2.99. The molecule has 0 atom stereocenters. The molecule has 0 unspecified atom stereocenters. The fourth-order valence-corrected chi connectivity index (χ4v) is 2.08. The second-order valence-electron chi connectivity index (χ2n) is 4.43. The summed E-state index contributed by atoms with van der Waals surface area (Å²) < 4.78 is 4.62. The number of H-pyrrole nitrogens is 1. The Bertz CT molecular complexity index is 612. The van der Waals surface area contributed by atoms with Gasteiger partial charge in [0.05, 0.1) is 16.1 Å². The second kappa shape index (κ2) is 4.19. The minimum atomic E-state index is -1.45. The number of carboxylic acid groups (broad SMARTS) is 1. The van der Waals surface area contributed by atoms with Gasteiger partial charge in [0.15, 0.2) is 5.75 Å². The number of hydrogen-bond donors (Lipinski definition) is 3. The van der Waals surface area contributed by atoms with Crippen LogP contribution in [0.25, 0.3) is 10.9 Å². The summed E-state index contributed by atoms with van der Waals surface area (Å²) in [5, 5.41) is 19.5. The van der Waals surface area contributed by atoms with Gasteiger partial charge in [-0.15, -0.1) is 0 Å². The molecule has 96 valence electrons. The maximum absolute atomic E-state index is 10.6. The Labute approximate surface area is 108 Å². The van der Waals surface area contributed by atoms with Crippen LogP contribution < -0.4 is 4.74 Å². The van der Waals surface area contributed by atoms with Crippen LogP contribution in [0.2, 0.25) is 5.02 Å². The fraction of sp³-hybridized carbons (Fsp3) is 0.250. The monoisotopic (exact) mass is 269 g/mol. The van der Waals surface area contributed by atoms with Crippen molar-refractivity contribution in [2.75, 3.05) is 0 Å². The molecule has 0 saturated heterocycles. The lowest BCUT2D eigenvalue weighted by Gasteiger charge is -2.20. The molecule has 0 aliphatic rings. The van der Waals surface area contributed by atoms with Gasteiger partial charge in [0, 0.05) is 17.1 Å². The van der Waals surface area contributed by atoms with Crippen LogP contribution in [0.5, 0.6) is 5.75 Å². The van der Waals surface area contributed by atoms with Gasteiger partial charge in [0.25, 0.3) is 0 Å². The second-order valence-corrected chi connectivity index (χ2v) is 4.81. The molecule has 0 amide bonds. The first-order valence-electron chi connectivity index (χ1n) is 5.24. The molecule has 18 heavy (non-hydrogen) atoms. The molecule has 1 aromatic heterocycles. The number of halogens is 1. The van der Waals surface area contributed by atoms with Gasteiger partial charge >= 0.3 is 6.16 Å². The van der Waals surface area contributed by atoms with E-state index in [1.165, 1.54) is 6.07 Å². The lowest BCUT2D eigenvalue weighted by atomic mass is 9.96. The van der Waals surface area contributed by atoms with E-state index >= 15 is 0 Å². The van der Waals surface area contributed by atoms with Crippen LogP contribution in [0.1, 0.15) is 19.4 Å². The number of aliphatic hydroxyl groups is 1. The number of rotatable bonds is 2. The van der Waals surface area contributed by atoms with Crippen molar-refractivity contribution in [3.63, 3.8) is 0 Å². The molecule has 2 aromatic rings. The topological polar surface area (TPSA) is 82.6 Å². The van der Waals surface area contributed by atoms with Crippen LogP contribution in [0.4, 0.5) is 4.79 Å². The van der Waals surface area contributed by atoms with Crippen LogP contribution in [-0.4, -0.2) is 21.4 Å². The zero-order valence-corrected chi connectivity index (χ0v) is 10.6. The summed E-state index contributed by atoms with van der Waals surface area (Å²) in [6.45, 7) is 3.20. The van der Waals surface area contributed by atoms with Crippen molar-refractivity contribution < 1.29 is 19.7 Å². The molecule has 3 N–H and O–H groups in total. The lowest BCUT2D eigenvalue weighted by Crippen LogP contribution is -2.17. The molecule has 0 aliphatic heterocycles. The molecule has 6 heteroatoms. The highest BCUT2D eigenvalue weighted by Crippen LogP contribution is 2.38. The van der Waals surface area contributed by atoms with Crippen LogP contribution in [0.15, 0.2) is 18.3 Å². The Morgan fingerprint density at radius 2 is 2.17 bits per heavy atom. The molecule has 5 nitrogen and oxygen atoms in total. The highest BCUT2D eigenvalue weighted by atomic mass is 35.5. The lowest BCUT2D eigenvalue weighted by molar-refractivity contribution is 0.0795. The zero-order chi connectivity index (χ0) is 13.5. The van der Waals surface area contributed by atoms with Crippen molar-refractivity contribution >= 4 is 28.7 Å². The van der Waals surface area contributed by atoms with Crippen molar-refractivity contribution in [1.29, 1.82) is 0 Å². The van der Waals surface area contributed by atoms with E-state index in [0.29, 0.717) is 16.5 Å². The SMILES string of the molecule is CC(C)(O)c1cc(OC(=O)O)c(Cl)c2cc[nH]c12. The van der Waals surface area contributed by atoms with Crippen LogP contribution >= 0.6 is 11.6 Å². The predicted molar refractivity (Wildman–Crippen MR) is 67.2 cm³/mol. The Morgan fingerprint density at radius 3 is 2.72 bits per heavy atom. The first kappa shape index (κ1) is 12.7. The molecule has 0 fully saturated rings. The molecule has 0 saturated carbocycles. The number of carbonyl (C=O) groups is 1. The number of ether oxygens (including phenoxy) is 1.